The number of amides is 1. The van der Waals surface area contributed by atoms with Crippen molar-refractivity contribution in [2.24, 2.45) is 0 Å². The summed E-state index contributed by atoms with van der Waals surface area (Å²) in [5.41, 5.74) is 2.16. The van der Waals surface area contributed by atoms with Crippen LogP contribution in [-0.2, 0) is 17.9 Å². The molecule has 4 nitrogen and oxygen atoms in total. The van der Waals surface area contributed by atoms with E-state index in [1.807, 2.05) is 19.9 Å². The molecule has 0 spiro atoms. The predicted molar refractivity (Wildman–Crippen MR) is 98.7 cm³/mol. The van der Waals surface area contributed by atoms with Crippen molar-refractivity contribution in [1.82, 2.24) is 9.88 Å². The van der Waals surface area contributed by atoms with Crippen LogP contribution in [0.3, 0.4) is 0 Å². The van der Waals surface area contributed by atoms with E-state index in [9.17, 15) is 22.8 Å². The molecule has 0 atom stereocenters. The maximum absolute atomic E-state index is 13.0. The minimum atomic E-state index is -5.01. The Labute approximate surface area is 157 Å². The van der Waals surface area contributed by atoms with E-state index in [-0.39, 0.29) is 12.1 Å². The third-order valence-electron chi connectivity index (χ3n) is 4.45. The van der Waals surface area contributed by atoms with Gasteiger partial charge >= 0.3 is 12.1 Å². The van der Waals surface area contributed by atoms with Gasteiger partial charge in [0.1, 0.15) is 0 Å². The van der Waals surface area contributed by atoms with Gasteiger partial charge in [-0.2, -0.15) is 13.2 Å². The summed E-state index contributed by atoms with van der Waals surface area (Å²) < 4.78 is 39.0. The molecule has 0 unspecified atom stereocenters. The molecule has 8 heteroatoms. The smallest absolute Gasteiger partial charge is 0.325 e. The maximum Gasteiger partial charge on any atom is 0.471 e. The first-order chi connectivity index (χ1) is 12.7. The number of benzene rings is 1. The average Bonchev–Trinajstić information content (AvgIpc) is 3.10. The number of nitrogens with one attached hydrogen (secondary N) is 1. The molecule has 0 radical (unpaired) electrons. The minimum absolute atomic E-state index is 0.111. The Morgan fingerprint density at radius 3 is 2.56 bits per heavy atom. The molecular formula is C19H17F3N2O2S. The maximum atomic E-state index is 13.0. The highest BCUT2D eigenvalue weighted by Crippen LogP contribution is 2.24. The number of H-pyrrole nitrogens is 1. The number of nitrogens with zero attached hydrogens (tertiary/aromatic N) is 1. The Kier molecular flexibility index (Phi) is 5.10. The molecule has 2 aromatic heterocycles. The molecule has 0 bridgehead atoms. The Morgan fingerprint density at radius 2 is 1.93 bits per heavy atom. The lowest BCUT2D eigenvalue weighted by atomic mass is 10.0. The number of rotatable bonds is 4. The second-order valence-corrected chi connectivity index (χ2v) is 7.37. The first kappa shape index (κ1) is 19.2. The molecule has 1 N–H and O–H groups in total. The zero-order valence-electron chi connectivity index (χ0n) is 14.7. The van der Waals surface area contributed by atoms with Crippen LogP contribution in [0.2, 0.25) is 0 Å². The number of hydrogen-bond donors (Lipinski definition) is 1. The van der Waals surface area contributed by atoms with Gasteiger partial charge < -0.3 is 9.88 Å². The summed E-state index contributed by atoms with van der Waals surface area (Å²) in [6, 6.07) is 8.57. The van der Waals surface area contributed by atoms with Crippen molar-refractivity contribution in [2.45, 2.75) is 33.1 Å². The van der Waals surface area contributed by atoms with Crippen molar-refractivity contribution in [3.63, 3.8) is 0 Å². The molecule has 0 aliphatic heterocycles. The lowest BCUT2D eigenvalue weighted by molar-refractivity contribution is -0.186. The quantitative estimate of drug-likeness (QED) is 0.717. The zero-order chi connectivity index (χ0) is 19.8. The summed E-state index contributed by atoms with van der Waals surface area (Å²) in [6.45, 7) is 3.14. The number of aryl methyl sites for hydroxylation is 2. The molecule has 0 aliphatic carbocycles. The lowest BCUT2D eigenvalue weighted by Gasteiger charge is -2.23. The van der Waals surface area contributed by atoms with Crippen LogP contribution in [0, 0.1) is 13.8 Å². The first-order valence-corrected chi connectivity index (χ1v) is 9.05. The second-order valence-electron chi connectivity index (χ2n) is 6.33. The van der Waals surface area contributed by atoms with Gasteiger partial charge in [0.15, 0.2) is 0 Å². The predicted octanol–water partition coefficient (Wildman–Crippen LogP) is 4.30. The molecule has 0 saturated heterocycles. The normalized spacial score (nSPS) is 11.7. The highest BCUT2D eigenvalue weighted by atomic mass is 32.1. The molecule has 0 saturated carbocycles. The SMILES string of the molecule is Cc1ccc2cc(CN(Cc3cccs3)C(=O)C(F)(F)F)c(=O)[nH]c2c1C. The second kappa shape index (κ2) is 7.19. The van der Waals surface area contributed by atoms with Crippen molar-refractivity contribution in [1.29, 1.82) is 0 Å². The van der Waals surface area contributed by atoms with Crippen LogP contribution in [0.5, 0.6) is 0 Å². The molecule has 3 rings (SSSR count). The van der Waals surface area contributed by atoms with Gasteiger partial charge in [0.2, 0.25) is 0 Å². The van der Waals surface area contributed by atoms with Gasteiger partial charge in [0.05, 0.1) is 18.6 Å². The number of alkyl halides is 3. The van der Waals surface area contributed by atoms with Gasteiger partial charge in [-0.05, 0) is 47.9 Å². The van der Waals surface area contributed by atoms with Crippen molar-refractivity contribution in [3.05, 3.63) is 67.6 Å². The van der Waals surface area contributed by atoms with Crippen LogP contribution in [-0.4, -0.2) is 22.0 Å². The van der Waals surface area contributed by atoms with E-state index in [0.29, 0.717) is 20.7 Å². The largest absolute Gasteiger partial charge is 0.471 e. The molecule has 0 aliphatic rings. The van der Waals surface area contributed by atoms with Crippen molar-refractivity contribution >= 4 is 28.1 Å². The van der Waals surface area contributed by atoms with Crippen LogP contribution in [0.15, 0.2) is 40.5 Å². The fourth-order valence-electron chi connectivity index (χ4n) is 2.86. The molecule has 1 amide bonds. The summed E-state index contributed by atoms with van der Waals surface area (Å²) >= 11 is 1.25. The molecule has 27 heavy (non-hydrogen) atoms. The summed E-state index contributed by atoms with van der Waals surface area (Å²) in [4.78, 5) is 28.3. The number of thiophene rings is 1. The number of halogens is 3. The van der Waals surface area contributed by atoms with E-state index in [1.165, 1.54) is 11.3 Å². The van der Waals surface area contributed by atoms with Crippen molar-refractivity contribution in [3.8, 4) is 0 Å². The first-order valence-electron chi connectivity index (χ1n) is 8.17. The number of pyridine rings is 1. The molecular weight excluding hydrogens is 377 g/mol. The minimum Gasteiger partial charge on any atom is -0.325 e. The van der Waals surface area contributed by atoms with Crippen LogP contribution in [0.1, 0.15) is 21.6 Å². The van der Waals surface area contributed by atoms with Gasteiger partial charge in [-0.1, -0.05) is 18.2 Å². The monoisotopic (exact) mass is 394 g/mol. The lowest BCUT2D eigenvalue weighted by Crippen LogP contribution is -2.41. The fourth-order valence-corrected chi connectivity index (χ4v) is 3.58. The highest BCUT2D eigenvalue weighted by molar-refractivity contribution is 7.09. The van der Waals surface area contributed by atoms with Crippen LogP contribution in [0.4, 0.5) is 13.2 Å². The van der Waals surface area contributed by atoms with E-state index in [4.69, 9.17) is 0 Å². The fraction of sp³-hybridized carbons (Fsp3) is 0.263. The summed E-state index contributed by atoms with van der Waals surface area (Å²) in [5.74, 6) is -1.96. The number of hydrogen-bond acceptors (Lipinski definition) is 3. The molecule has 142 valence electrons. The Hall–Kier alpha value is -2.61. The van der Waals surface area contributed by atoms with Gasteiger partial charge in [-0.3, -0.25) is 9.59 Å². The zero-order valence-corrected chi connectivity index (χ0v) is 15.5. The Morgan fingerprint density at radius 1 is 1.19 bits per heavy atom. The van der Waals surface area contributed by atoms with Gasteiger partial charge in [-0.25, -0.2) is 0 Å². The van der Waals surface area contributed by atoms with E-state index < -0.39 is 24.2 Å². The summed E-state index contributed by atoms with van der Waals surface area (Å²) in [6.07, 6.45) is -5.01. The Balaban J connectivity index is 2.00. The number of carbonyl (C=O) groups is 1. The Bertz CT molecular complexity index is 1040. The summed E-state index contributed by atoms with van der Waals surface area (Å²) in [5, 5.41) is 2.43. The molecule has 3 aromatic rings. The van der Waals surface area contributed by atoms with Gasteiger partial charge in [0, 0.05) is 10.4 Å². The third-order valence-corrected chi connectivity index (χ3v) is 5.31. The highest BCUT2D eigenvalue weighted by Gasteiger charge is 2.42. The number of fused-ring (bicyclic) bond motifs is 1. The number of aromatic amines is 1. The van der Waals surface area contributed by atoms with E-state index >= 15 is 0 Å². The van der Waals surface area contributed by atoms with Crippen LogP contribution in [0.25, 0.3) is 10.9 Å². The van der Waals surface area contributed by atoms with Crippen molar-refractivity contribution < 1.29 is 18.0 Å². The van der Waals surface area contributed by atoms with Crippen molar-refractivity contribution in [2.75, 3.05) is 0 Å². The van der Waals surface area contributed by atoms with E-state index in [1.54, 1.807) is 29.6 Å². The average molecular weight is 394 g/mol. The van der Waals surface area contributed by atoms with E-state index in [2.05, 4.69) is 4.98 Å². The van der Waals surface area contributed by atoms with Gasteiger partial charge in [0.25, 0.3) is 5.56 Å². The summed E-state index contributed by atoms with van der Waals surface area (Å²) in [7, 11) is 0. The van der Waals surface area contributed by atoms with Crippen LogP contribution >= 0.6 is 11.3 Å². The topological polar surface area (TPSA) is 53.2 Å². The van der Waals surface area contributed by atoms with Gasteiger partial charge in [-0.15, -0.1) is 11.3 Å². The standard InChI is InChI=1S/C19H17F3N2O2S/c1-11-5-6-13-8-14(17(25)23-16(13)12(11)2)9-24(18(26)19(20,21)22)10-15-4-3-7-27-15/h3-8H,9-10H2,1-2H3,(H,23,25). The molecule has 2 heterocycles. The number of aromatic nitrogens is 1. The molecule has 1 aromatic carbocycles. The third kappa shape index (κ3) is 4.05. The van der Waals surface area contributed by atoms with E-state index in [0.717, 1.165) is 11.1 Å². The van der Waals surface area contributed by atoms with Crippen LogP contribution < -0.4 is 5.56 Å². The molecule has 0 fully saturated rings. The number of carbonyl (C=O) groups excluding carboxylic acids is 1.